The van der Waals surface area contributed by atoms with Crippen molar-refractivity contribution >= 4 is 62.1 Å². The lowest BCUT2D eigenvalue weighted by Crippen LogP contribution is -2.39. The Hall–Kier alpha value is -5.16. The van der Waals surface area contributed by atoms with E-state index in [1.807, 2.05) is 49.3 Å². The fourth-order valence-corrected chi connectivity index (χ4v) is 7.78. The molecule has 3 aromatic rings. The first-order valence-electron chi connectivity index (χ1n) is 15.5. The monoisotopic (exact) mass is 706 g/mol. The van der Waals surface area contributed by atoms with Crippen LogP contribution in [0, 0.1) is 17.8 Å². The minimum absolute atomic E-state index is 0.108. The zero-order valence-electron chi connectivity index (χ0n) is 26.4. The SMILES string of the molecule is COc1ccc([C@H]2C3=CC[C@@H]4C(=O)N(c5ccc(N=Nc6ccc(N(C)C)cc6)cc5)C(=O)[C@@H]4[C@@H]3CC3=C2C(=O)C=C(Br)C3=O)cc1O. The van der Waals surface area contributed by atoms with Gasteiger partial charge in [-0.15, -0.1) is 0 Å². The number of imide groups is 1. The van der Waals surface area contributed by atoms with E-state index >= 15 is 0 Å². The van der Waals surface area contributed by atoms with Gasteiger partial charge in [-0.25, -0.2) is 0 Å². The van der Waals surface area contributed by atoms with Crippen LogP contribution in [0.25, 0.3) is 0 Å². The number of methoxy groups -OCH3 is 1. The van der Waals surface area contributed by atoms with Crippen LogP contribution in [0.2, 0.25) is 0 Å². The number of ether oxygens (including phenoxy) is 1. The van der Waals surface area contributed by atoms with E-state index in [-0.39, 0.29) is 45.8 Å². The Morgan fingerprint density at radius 3 is 2.19 bits per heavy atom. The smallest absolute Gasteiger partial charge is 0.238 e. The van der Waals surface area contributed by atoms with E-state index < -0.39 is 23.7 Å². The lowest BCUT2D eigenvalue weighted by molar-refractivity contribution is -0.123. The minimum Gasteiger partial charge on any atom is -0.504 e. The average molecular weight is 708 g/mol. The summed E-state index contributed by atoms with van der Waals surface area (Å²) in [4.78, 5) is 58.2. The van der Waals surface area contributed by atoms with Gasteiger partial charge in [0.1, 0.15) is 0 Å². The predicted molar refractivity (Wildman–Crippen MR) is 183 cm³/mol. The number of hydrogen-bond donors (Lipinski definition) is 1. The van der Waals surface area contributed by atoms with Crippen molar-refractivity contribution in [1.29, 1.82) is 0 Å². The molecule has 1 saturated heterocycles. The van der Waals surface area contributed by atoms with Gasteiger partial charge >= 0.3 is 0 Å². The standard InChI is InChI=1S/C37H31BrN4O6/c1-41(2)22-9-5-20(6-10-22)39-40-21-7-11-23(12-8-21)42-36(46)25-14-13-24-26(33(25)37(42)47)17-27-34(30(44)18-28(38)35(27)45)32(24)19-4-15-31(48-3)29(43)16-19/h4-13,15-16,18,25-26,32-33,43H,14,17H2,1-3H3/t25-,26+,32-,33-/m0/s1. The Kier molecular flexibility index (Phi) is 7.95. The highest BCUT2D eigenvalue weighted by molar-refractivity contribution is 9.12. The summed E-state index contributed by atoms with van der Waals surface area (Å²) in [5, 5.41) is 19.3. The van der Waals surface area contributed by atoms with Crippen LogP contribution in [0.1, 0.15) is 24.3 Å². The Balaban J connectivity index is 1.19. The van der Waals surface area contributed by atoms with Gasteiger partial charge < -0.3 is 14.7 Å². The van der Waals surface area contributed by atoms with E-state index in [1.54, 1.807) is 36.4 Å². The molecule has 48 heavy (non-hydrogen) atoms. The first kappa shape index (κ1) is 31.4. The van der Waals surface area contributed by atoms with Gasteiger partial charge in [0.25, 0.3) is 0 Å². The molecule has 0 saturated carbocycles. The topological polar surface area (TPSA) is 129 Å². The lowest BCUT2D eigenvalue weighted by atomic mass is 9.59. The van der Waals surface area contributed by atoms with Crippen molar-refractivity contribution in [2.24, 2.45) is 28.0 Å². The second-order valence-electron chi connectivity index (χ2n) is 12.5. The van der Waals surface area contributed by atoms with Gasteiger partial charge in [0.15, 0.2) is 23.1 Å². The number of Topliss-reactive ketones (excluding diaryl/α,β-unsaturated/α-hetero) is 1. The Morgan fingerprint density at radius 1 is 0.896 bits per heavy atom. The van der Waals surface area contributed by atoms with Gasteiger partial charge in [-0.1, -0.05) is 17.7 Å². The summed E-state index contributed by atoms with van der Waals surface area (Å²) >= 11 is 3.25. The number of benzene rings is 3. The van der Waals surface area contributed by atoms with E-state index in [0.29, 0.717) is 40.2 Å². The van der Waals surface area contributed by atoms with Crippen LogP contribution in [0.5, 0.6) is 11.5 Å². The number of aromatic hydroxyl groups is 1. The minimum atomic E-state index is -0.724. The Bertz CT molecular complexity index is 2010. The molecule has 4 atom stereocenters. The zero-order chi connectivity index (χ0) is 33.9. The van der Waals surface area contributed by atoms with Crippen molar-refractivity contribution in [2.75, 3.05) is 31.0 Å². The summed E-state index contributed by atoms with van der Waals surface area (Å²) in [5.74, 6) is -3.63. The number of phenolic OH excluding ortho intramolecular Hbond substituents is 1. The quantitative estimate of drug-likeness (QED) is 0.129. The third-order valence-corrected chi connectivity index (χ3v) is 10.2. The second kappa shape index (κ2) is 12.1. The maximum absolute atomic E-state index is 14.2. The fourth-order valence-electron chi connectivity index (χ4n) is 7.33. The van der Waals surface area contributed by atoms with Crippen LogP contribution < -0.4 is 14.5 Å². The van der Waals surface area contributed by atoms with Gasteiger partial charge in [-0.3, -0.25) is 24.1 Å². The number of azo groups is 1. The molecule has 3 aliphatic carbocycles. The van der Waals surface area contributed by atoms with E-state index in [4.69, 9.17) is 4.74 Å². The maximum atomic E-state index is 14.2. The molecule has 1 aliphatic heterocycles. The normalized spacial score (nSPS) is 23.5. The van der Waals surface area contributed by atoms with Crippen LogP contribution in [0.4, 0.5) is 22.7 Å². The first-order chi connectivity index (χ1) is 23.1. The van der Waals surface area contributed by atoms with Gasteiger partial charge in [-0.05, 0) is 101 Å². The predicted octanol–water partition coefficient (Wildman–Crippen LogP) is 6.85. The molecule has 0 unspecified atom stereocenters. The highest BCUT2D eigenvalue weighted by atomic mass is 79.9. The Morgan fingerprint density at radius 2 is 1.56 bits per heavy atom. The molecule has 0 spiro atoms. The number of carbonyl (C=O) groups is 4. The summed E-state index contributed by atoms with van der Waals surface area (Å²) < 4.78 is 5.38. The number of anilines is 2. The number of phenols is 1. The van der Waals surface area contributed by atoms with Crippen molar-refractivity contribution in [3.63, 3.8) is 0 Å². The Labute approximate surface area is 285 Å². The number of amides is 2. The summed E-state index contributed by atoms with van der Waals surface area (Å²) in [7, 11) is 5.37. The van der Waals surface area contributed by atoms with E-state index in [9.17, 15) is 24.3 Å². The van der Waals surface area contributed by atoms with Crippen molar-refractivity contribution in [3.8, 4) is 11.5 Å². The molecule has 1 N–H and O–H groups in total. The highest BCUT2D eigenvalue weighted by Gasteiger charge is 2.56. The number of halogens is 1. The largest absolute Gasteiger partial charge is 0.504 e. The second-order valence-corrected chi connectivity index (χ2v) is 13.3. The number of ketones is 2. The van der Waals surface area contributed by atoms with Gasteiger partial charge in [-0.2, -0.15) is 10.2 Å². The molecule has 1 heterocycles. The molecular weight excluding hydrogens is 676 g/mol. The molecule has 3 aromatic carbocycles. The van der Waals surface area contributed by atoms with Crippen molar-refractivity contribution in [3.05, 3.63) is 106 Å². The molecule has 10 nitrogen and oxygen atoms in total. The molecule has 11 heteroatoms. The molecule has 0 radical (unpaired) electrons. The van der Waals surface area contributed by atoms with E-state index in [0.717, 1.165) is 11.3 Å². The van der Waals surface area contributed by atoms with Crippen LogP contribution >= 0.6 is 15.9 Å². The van der Waals surface area contributed by atoms with Gasteiger partial charge in [0.05, 0.1) is 40.5 Å². The van der Waals surface area contributed by atoms with Crippen LogP contribution in [0.15, 0.2) is 110 Å². The van der Waals surface area contributed by atoms with Crippen LogP contribution in [0.3, 0.4) is 0 Å². The fraction of sp³-hybridized carbons (Fsp3) is 0.243. The lowest BCUT2D eigenvalue weighted by Gasteiger charge is -2.42. The van der Waals surface area contributed by atoms with Crippen molar-refractivity contribution < 1.29 is 29.0 Å². The molecule has 1 fully saturated rings. The maximum Gasteiger partial charge on any atom is 0.238 e. The molecule has 0 aromatic heterocycles. The number of fused-ring (bicyclic) bond motifs is 3. The zero-order valence-corrected chi connectivity index (χ0v) is 28.0. The van der Waals surface area contributed by atoms with Gasteiger partial charge in [0, 0.05) is 42.9 Å². The number of rotatable bonds is 6. The summed E-state index contributed by atoms with van der Waals surface area (Å²) in [6.45, 7) is 0. The number of carbonyl (C=O) groups excluding carboxylic acids is 4. The van der Waals surface area contributed by atoms with E-state index in [1.165, 1.54) is 24.2 Å². The van der Waals surface area contributed by atoms with Crippen molar-refractivity contribution in [1.82, 2.24) is 0 Å². The molecule has 4 aliphatic rings. The van der Waals surface area contributed by atoms with Crippen molar-refractivity contribution in [2.45, 2.75) is 18.8 Å². The molecule has 242 valence electrons. The summed E-state index contributed by atoms with van der Waals surface area (Å²) in [5.41, 5.74) is 4.77. The summed E-state index contributed by atoms with van der Waals surface area (Å²) in [6, 6.07) is 19.3. The number of nitrogens with zero attached hydrogens (tertiary/aromatic N) is 4. The van der Waals surface area contributed by atoms with Gasteiger partial charge in [0.2, 0.25) is 11.8 Å². The molecule has 2 amide bonds. The van der Waals surface area contributed by atoms with Crippen LogP contribution in [-0.2, 0) is 19.2 Å². The number of allylic oxidation sites excluding steroid dienone is 6. The molecule has 7 rings (SSSR count). The number of hydrogen-bond acceptors (Lipinski definition) is 9. The highest BCUT2D eigenvalue weighted by Crippen LogP contribution is 2.56. The first-order valence-corrected chi connectivity index (χ1v) is 16.3. The third kappa shape index (κ3) is 5.18. The average Bonchev–Trinajstić information content (AvgIpc) is 3.34. The third-order valence-electron chi connectivity index (χ3n) is 9.62. The summed E-state index contributed by atoms with van der Waals surface area (Å²) in [6.07, 6.45) is 3.67. The molecular formula is C37H31BrN4O6. The van der Waals surface area contributed by atoms with Crippen LogP contribution in [-0.4, -0.2) is 49.7 Å². The molecule has 0 bridgehead atoms. The van der Waals surface area contributed by atoms with E-state index in [2.05, 4.69) is 26.2 Å².